The Kier molecular flexibility index (Phi) is 22.1. The molecule has 0 rings (SSSR count). The molecule has 0 spiro atoms. The maximum absolute atomic E-state index is 10.9. The van der Waals surface area contributed by atoms with Crippen LogP contribution in [-0.2, 0) is 9.53 Å². The summed E-state index contributed by atoms with van der Waals surface area (Å²) >= 11 is 0. The van der Waals surface area contributed by atoms with Crippen molar-refractivity contribution in [1.82, 2.24) is 0 Å². The topological polar surface area (TPSA) is 26.3 Å². The monoisotopic (exact) mass is 378 g/mol. The fourth-order valence-corrected chi connectivity index (χ4v) is 3.27. The molecule has 0 atom stereocenters. The molecule has 27 heavy (non-hydrogen) atoms. The summed E-state index contributed by atoms with van der Waals surface area (Å²) in [6.45, 7) is 6.19. The van der Waals surface area contributed by atoms with Gasteiger partial charge in [-0.2, -0.15) is 0 Å². The number of hydrogen-bond donors (Lipinski definition) is 0. The highest BCUT2D eigenvalue weighted by atomic mass is 16.5. The minimum Gasteiger partial charge on any atom is -0.463 e. The van der Waals surface area contributed by atoms with E-state index < -0.39 is 0 Å². The van der Waals surface area contributed by atoms with Crippen molar-refractivity contribution in [2.45, 2.75) is 122 Å². The Morgan fingerprint density at radius 2 is 1.07 bits per heavy atom. The predicted molar refractivity (Wildman–Crippen MR) is 119 cm³/mol. The van der Waals surface area contributed by atoms with E-state index in [1.54, 1.807) is 0 Å². The van der Waals surface area contributed by atoms with Crippen molar-refractivity contribution >= 4 is 5.97 Å². The zero-order valence-corrected chi connectivity index (χ0v) is 18.2. The molecule has 0 aliphatic rings. The first-order valence-electron chi connectivity index (χ1n) is 11.8. The minimum absolute atomic E-state index is 0.301. The van der Waals surface area contributed by atoms with Gasteiger partial charge in [-0.25, -0.2) is 4.79 Å². The standard InChI is InChI=1S/C25H46O2/c1-3-5-6-7-8-9-10-11-12-13-14-15-16-17-18-19-20-21-22-23-24-27-25(26)4-2/h4,7-8H,2-3,5-6,9-24H2,1H3/b8-7+. The van der Waals surface area contributed by atoms with Gasteiger partial charge in [0.1, 0.15) is 0 Å². The Balaban J connectivity index is 3.06. The summed E-state index contributed by atoms with van der Waals surface area (Å²) in [5.41, 5.74) is 0. The van der Waals surface area contributed by atoms with Gasteiger partial charge in [-0.15, -0.1) is 0 Å². The molecule has 0 unspecified atom stereocenters. The average Bonchev–Trinajstić information content (AvgIpc) is 2.68. The predicted octanol–water partition coefficient (Wildman–Crippen LogP) is 8.31. The van der Waals surface area contributed by atoms with Crippen molar-refractivity contribution in [3.63, 3.8) is 0 Å². The lowest BCUT2D eigenvalue weighted by atomic mass is 10.0. The van der Waals surface area contributed by atoms with E-state index in [0.29, 0.717) is 6.61 Å². The quantitative estimate of drug-likeness (QED) is 0.0868. The van der Waals surface area contributed by atoms with Gasteiger partial charge in [-0.1, -0.05) is 116 Å². The molecule has 0 bridgehead atoms. The lowest BCUT2D eigenvalue weighted by molar-refractivity contribution is -0.137. The Hall–Kier alpha value is -1.05. The summed E-state index contributed by atoms with van der Waals surface area (Å²) in [6, 6.07) is 0. The van der Waals surface area contributed by atoms with Crippen LogP contribution >= 0.6 is 0 Å². The number of hydrogen-bond acceptors (Lipinski definition) is 2. The van der Waals surface area contributed by atoms with E-state index in [9.17, 15) is 4.79 Å². The Bertz CT molecular complexity index is 346. The summed E-state index contributed by atoms with van der Waals surface area (Å²) in [6.07, 6.45) is 29.9. The molecule has 0 radical (unpaired) electrons. The van der Waals surface area contributed by atoms with Crippen molar-refractivity contribution in [1.29, 1.82) is 0 Å². The van der Waals surface area contributed by atoms with Gasteiger partial charge in [-0.05, 0) is 25.7 Å². The van der Waals surface area contributed by atoms with E-state index in [1.807, 2.05) is 0 Å². The molecule has 2 heteroatoms. The van der Waals surface area contributed by atoms with Crippen molar-refractivity contribution in [2.24, 2.45) is 0 Å². The first kappa shape index (κ1) is 26.0. The number of esters is 1. The number of carbonyl (C=O) groups is 1. The van der Waals surface area contributed by atoms with Crippen LogP contribution in [0.2, 0.25) is 0 Å². The van der Waals surface area contributed by atoms with Crippen molar-refractivity contribution in [3.8, 4) is 0 Å². The van der Waals surface area contributed by atoms with Gasteiger partial charge in [0.15, 0.2) is 0 Å². The van der Waals surface area contributed by atoms with Gasteiger partial charge in [-0.3, -0.25) is 0 Å². The van der Waals surface area contributed by atoms with Crippen molar-refractivity contribution < 1.29 is 9.53 Å². The van der Waals surface area contributed by atoms with Gasteiger partial charge in [0, 0.05) is 6.08 Å². The summed E-state index contributed by atoms with van der Waals surface area (Å²) in [7, 11) is 0. The lowest BCUT2D eigenvalue weighted by Gasteiger charge is -2.04. The van der Waals surface area contributed by atoms with Crippen LogP contribution < -0.4 is 0 Å². The zero-order valence-electron chi connectivity index (χ0n) is 18.2. The largest absolute Gasteiger partial charge is 0.463 e. The summed E-state index contributed by atoms with van der Waals surface area (Å²) < 4.78 is 4.97. The highest BCUT2D eigenvalue weighted by Gasteiger charge is 1.96. The van der Waals surface area contributed by atoms with Gasteiger partial charge in [0.2, 0.25) is 0 Å². The molecule has 0 heterocycles. The van der Waals surface area contributed by atoms with E-state index in [1.165, 1.54) is 115 Å². The molecule has 0 aromatic rings. The second-order valence-electron chi connectivity index (χ2n) is 7.72. The van der Waals surface area contributed by atoms with Crippen molar-refractivity contribution in [3.05, 3.63) is 24.8 Å². The molecule has 0 saturated carbocycles. The van der Waals surface area contributed by atoms with Crippen molar-refractivity contribution in [2.75, 3.05) is 6.61 Å². The highest BCUT2D eigenvalue weighted by molar-refractivity contribution is 5.81. The second kappa shape index (κ2) is 23.0. The number of ether oxygens (including phenoxy) is 1. The number of rotatable bonds is 21. The minimum atomic E-state index is -0.301. The fraction of sp³-hybridized carbons (Fsp3) is 0.800. The Morgan fingerprint density at radius 1 is 0.667 bits per heavy atom. The second-order valence-corrected chi connectivity index (χ2v) is 7.72. The molecule has 0 aromatic heterocycles. The molecule has 0 amide bonds. The molecule has 158 valence electrons. The van der Waals surface area contributed by atoms with E-state index >= 15 is 0 Å². The molecule has 0 fully saturated rings. The van der Waals surface area contributed by atoms with Crippen LogP contribution in [0.3, 0.4) is 0 Å². The van der Waals surface area contributed by atoms with Gasteiger partial charge >= 0.3 is 5.97 Å². The van der Waals surface area contributed by atoms with E-state index in [4.69, 9.17) is 4.74 Å². The molecule has 2 nitrogen and oxygen atoms in total. The maximum atomic E-state index is 10.9. The summed E-state index contributed by atoms with van der Waals surface area (Å²) in [4.78, 5) is 10.9. The van der Waals surface area contributed by atoms with Crippen LogP contribution in [0.1, 0.15) is 122 Å². The van der Waals surface area contributed by atoms with Crippen LogP contribution in [0.15, 0.2) is 24.8 Å². The number of unbranched alkanes of at least 4 members (excludes halogenated alkanes) is 16. The molecule has 0 saturated heterocycles. The Morgan fingerprint density at radius 3 is 1.52 bits per heavy atom. The molecular formula is C25H46O2. The van der Waals surface area contributed by atoms with Crippen LogP contribution in [0.4, 0.5) is 0 Å². The van der Waals surface area contributed by atoms with Gasteiger partial charge in [0.25, 0.3) is 0 Å². The molecule has 0 N–H and O–H groups in total. The van der Waals surface area contributed by atoms with Crippen LogP contribution in [0, 0.1) is 0 Å². The lowest BCUT2D eigenvalue weighted by Crippen LogP contribution is -2.01. The molecular weight excluding hydrogens is 332 g/mol. The fourth-order valence-electron chi connectivity index (χ4n) is 3.27. The molecule has 0 aliphatic carbocycles. The average molecular weight is 379 g/mol. The van der Waals surface area contributed by atoms with E-state index in [-0.39, 0.29) is 5.97 Å². The zero-order chi connectivity index (χ0) is 19.8. The number of allylic oxidation sites excluding steroid dienone is 2. The summed E-state index contributed by atoms with van der Waals surface area (Å²) in [5.74, 6) is -0.301. The first-order chi connectivity index (χ1) is 13.3. The normalized spacial score (nSPS) is 11.1. The van der Waals surface area contributed by atoms with E-state index in [2.05, 4.69) is 25.7 Å². The Labute approximate surface area is 169 Å². The van der Waals surface area contributed by atoms with Crippen LogP contribution in [0.5, 0.6) is 0 Å². The van der Waals surface area contributed by atoms with Gasteiger partial charge < -0.3 is 4.74 Å². The SMILES string of the molecule is C=CC(=O)OCCCCCCCCCCCCCCCC/C=C/CCCC. The third-order valence-electron chi connectivity index (χ3n) is 5.07. The third-order valence-corrected chi connectivity index (χ3v) is 5.07. The maximum Gasteiger partial charge on any atom is 0.330 e. The molecule has 0 aromatic carbocycles. The third kappa shape index (κ3) is 22.9. The smallest absolute Gasteiger partial charge is 0.330 e. The first-order valence-corrected chi connectivity index (χ1v) is 11.8. The number of carbonyl (C=O) groups excluding carboxylic acids is 1. The summed E-state index contributed by atoms with van der Waals surface area (Å²) in [5, 5.41) is 0. The van der Waals surface area contributed by atoms with Gasteiger partial charge in [0.05, 0.1) is 6.61 Å². The molecule has 0 aliphatic heterocycles. The van der Waals surface area contributed by atoms with Crippen LogP contribution in [0.25, 0.3) is 0 Å². The van der Waals surface area contributed by atoms with E-state index in [0.717, 1.165) is 6.42 Å². The highest BCUT2D eigenvalue weighted by Crippen LogP contribution is 2.13. The van der Waals surface area contributed by atoms with Crippen LogP contribution in [-0.4, -0.2) is 12.6 Å².